The number of benzene rings is 8. The highest BCUT2D eigenvalue weighted by Crippen LogP contribution is 2.44. The van der Waals surface area contributed by atoms with Gasteiger partial charge in [-0.25, -0.2) is 15.0 Å². The summed E-state index contributed by atoms with van der Waals surface area (Å²) in [6, 6.07) is 56.8. The summed E-state index contributed by atoms with van der Waals surface area (Å²) in [5, 5.41) is 8.72. The minimum absolute atomic E-state index is 0.303. The van der Waals surface area contributed by atoms with Crippen LogP contribution >= 0.6 is 0 Å². The fourth-order valence-electron chi connectivity index (χ4n) is 8.91. The molecule has 0 radical (unpaired) electrons. The summed E-state index contributed by atoms with van der Waals surface area (Å²) in [6.07, 6.45) is 7.80. The quantitative estimate of drug-likeness (QED) is 0.164. The molecular weight excluding hydrogens is 711 g/mol. The molecule has 0 saturated heterocycles. The van der Waals surface area contributed by atoms with E-state index >= 15 is 0 Å². The fraction of sp³-hybridized carbons (Fsp3) is 0.0377. The minimum atomic E-state index is 0.303. The van der Waals surface area contributed by atoms with Crippen LogP contribution in [0.3, 0.4) is 0 Å². The van der Waals surface area contributed by atoms with Crippen LogP contribution in [-0.4, -0.2) is 15.0 Å². The van der Waals surface area contributed by atoms with Crippen LogP contribution in [0.25, 0.3) is 105 Å². The Labute approximate surface area is 333 Å². The van der Waals surface area contributed by atoms with Crippen LogP contribution in [0.1, 0.15) is 23.5 Å². The number of hydrogen-bond donors (Lipinski definition) is 0. The van der Waals surface area contributed by atoms with Crippen LogP contribution in [0.4, 0.5) is 0 Å². The first kappa shape index (κ1) is 32.6. The summed E-state index contributed by atoms with van der Waals surface area (Å²) in [7, 11) is 0. The van der Waals surface area contributed by atoms with Gasteiger partial charge in [0.15, 0.2) is 17.5 Å². The largest absolute Gasteiger partial charge is 0.456 e. The van der Waals surface area contributed by atoms with Crippen LogP contribution in [0.2, 0.25) is 0 Å². The van der Waals surface area contributed by atoms with Crippen LogP contribution in [0, 0.1) is 0 Å². The van der Waals surface area contributed by atoms with E-state index in [0.29, 0.717) is 23.4 Å². The van der Waals surface area contributed by atoms with Gasteiger partial charge in [-0.2, -0.15) is 0 Å². The molecule has 3 aromatic heterocycles. The van der Waals surface area contributed by atoms with Gasteiger partial charge in [0.25, 0.3) is 0 Å². The van der Waals surface area contributed by atoms with Gasteiger partial charge in [0, 0.05) is 44.2 Å². The van der Waals surface area contributed by atoms with Crippen molar-refractivity contribution in [1.29, 1.82) is 0 Å². The standard InChI is InChI=1S/C53H33N3O2/c1-2-11-32(12-3-1)33-21-23-35(24-22-33)40-29-30-47-49(42-16-7-9-19-45(42)58-47)50(40)53-55-51(37-27-28-39-36(31-37)26-25-34-13-4-5-14-38(34)39)54-52(56-53)43-17-10-20-46-48(43)41-15-6-8-18-44(41)57-46/h1-21,23-31,33H,22H2. The number of fused-ring (bicyclic) bond motifs is 9. The molecule has 0 fully saturated rings. The van der Waals surface area contributed by atoms with Gasteiger partial charge in [-0.15, -0.1) is 0 Å². The first-order chi connectivity index (χ1) is 28.7. The minimum Gasteiger partial charge on any atom is -0.456 e. The predicted molar refractivity (Wildman–Crippen MR) is 237 cm³/mol. The van der Waals surface area contributed by atoms with Crippen molar-refractivity contribution < 1.29 is 8.83 Å². The van der Waals surface area contributed by atoms with E-state index in [2.05, 4.69) is 140 Å². The zero-order valence-electron chi connectivity index (χ0n) is 31.3. The molecule has 5 nitrogen and oxygen atoms in total. The lowest BCUT2D eigenvalue weighted by molar-refractivity contribution is 0.668. The summed E-state index contributed by atoms with van der Waals surface area (Å²) in [5.74, 6) is 2.05. The Bertz CT molecular complexity index is 3500. The summed E-state index contributed by atoms with van der Waals surface area (Å²) in [6.45, 7) is 0. The van der Waals surface area contributed by atoms with Crippen molar-refractivity contribution in [2.45, 2.75) is 12.3 Å². The smallest absolute Gasteiger partial charge is 0.165 e. The molecule has 1 aliphatic rings. The Morgan fingerprint density at radius 1 is 0.448 bits per heavy atom. The van der Waals surface area contributed by atoms with E-state index in [4.69, 9.17) is 23.8 Å². The molecule has 272 valence electrons. The van der Waals surface area contributed by atoms with Crippen molar-refractivity contribution in [3.05, 3.63) is 193 Å². The van der Waals surface area contributed by atoms with Crippen molar-refractivity contribution in [2.24, 2.45) is 0 Å². The Kier molecular flexibility index (Phi) is 7.29. The third kappa shape index (κ3) is 5.21. The molecule has 0 aliphatic heterocycles. The molecule has 0 N–H and O–H groups in total. The number of rotatable bonds is 5. The summed E-state index contributed by atoms with van der Waals surface area (Å²) in [4.78, 5) is 16.2. The molecule has 0 spiro atoms. The van der Waals surface area contributed by atoms with Crippen LogP contribution in [0.15, 0.2) is 191 Å². The second-order valence-electron chi connectivity index (χ2n) is 15.0. The molecule has 58 heavy (non-hydrogen) atoms. The van der Waals surface area contributed by atoms with Gasteiger partial charge < -0.3 is 8.83 Å². The van der Waals surface area contributed by atoms with Crippen molar-refractivity contribution >= 4 is 71.0 Å². The lowest BCUT2D eigenvalue weighted by Gasteiger charge is -2.19. The molecule has 1 aliphatic carbocycles. The maximum absolute atomic E-state index is 6.52. The van der Waals surface area contributed by atoms with Crippen LogP contribution in [0.5, 0.6) is 0 Å². The molecule has 3 heterocycles. The Balaban J connectivity index is 1.13. The van der Waals surface area contributed by atoms with Crippen molar-refractivity contribution in [3.8, 4) is 34.2 Å². The predicted octanol–water partition coefficient (Wildman–Crippen LogP) is 14.1. The first-order valence-electron chi connectivity index (χ1n) is 19.7. The fourth-order valence-corrected chi connectivity index (χ4v) is 8.91. The van der Waals surface area contributed by atoms with Gasteiger partial charge in [-0.1, -0.05) is 146 Å². The molecule has 11 aromatic rings. The normalized spacial score (nSPS) is 14.3. The lowest BCUT2D eigenvalue weighted by atomic mass is 9.86. The molecule has 12 rings (SSSR count). The first-order valence-corrected chi connectivity index (χ1v) is 19.7. The average molecular weight is 744 g/mol. The van der Waals surface area contributed by atoms with E-state index in [0.717, 1.165) is 83.5 Å². The van der Waals surface area contributed by atoms with Crippen molar-refractivity contribution in [2.75, 3.05) is 0 Å². The SMILES string of the molecule is C1=CC(c2ccccc2)CC=C1c1ccc2oc3ccccc3c2c1-c1nc(-c2ccc3c(ccc4ccccc43)c2)nc(-c2cccc3oc4ccccc4c23)n1. The van der Waals surface area contributed by atoms with E-state index in [1.165, 1.54) is 21.7 Å². The lowest BCUT2D eigenvalue weighted by Crippen LogP contribution is -2.03. The molecule has 1 unspecified atom stereocenters. The third-order valence-corrected chi connectivity index (χ3v) is 11.7. The van der Waals surface area contributed by atoms with Crippen molar-refractivity contribution in [3.63, 3.8) is 0 Å². The van der Waals surface area contributed by atoms with Gasteiger partial charge in [0.05, 0.1) is 0 Å². The van der Waals surface area contributed by atoms with E-state index in [1.807, 2.05) is 42.5 Å². The van der Waals surface area contributed by atoms with Gasteiger partial charge in [-0.05, 0) is 81.1 Å². The van der Waals surface area contributed by atoms with Gasteiger partial charge in [0.2, 0.25) is 0 Å². The molecule has 0 amide bonds. The Morgan fingerprint density at radius 2 is 1.10 bits per heavy atom. The second-order valence-corrected chi connectivity index (χ2v) is 15.0. The summed E-state index contributed by atoms with van der Waals surface area (Å²) < 4.78 is 12.9. The summed E-state index contributed by atoms with van der Waals surface area (Å²) in [5.41, 5.74) is 9.39. The topological polar surface area (TPSA) is 65.0 Å². The van der Waals surface area contributed by atoms with Crippen molar-refractivity contribution in [1.82, 2.24) is 15.0 Å². The van der Waals surface area contributed by atoms with Gasteiger partial charge >= 0.3 is 0 Å². The van der Waals surface area contributed by atoms with Gasteiger partial charge in [0.1, 0.15) is 22.3 Å². The Hall–Kier alpha value is -7.63. The average Bonchev–Trinajstić information content (AvgIpc) is 3.87. The van der Waals surface area contributed by atoms with E-state index in [9.17, 15) is 0 Å². The number of hydrogen-bond acceptors (Lipinski definition) is 5. The van der Waals surface area contributed by atoms with E-state index < -0.39 is 0 Å². The molecule has 0 bridgehead atoms. The number of para-hydroxylation sites is 2. The molecule has 0 saturated carbocycles. The number of nitrogens with zero attached hydrogens (tertiary/aromatic N) is 3. The number of aromatic nitrogens is 3. The monoisotopic (exact) mass is 743 g/mol. The molecular formula is C53H33N3O2. The highest BCUT2D eigenvalue weighted by Gasteiger charge is 2.25. The molecule has 5 heteroatoms. The second kappa shape index (κ2) is 13.0. The highest BCUT2D eigenvalue weighted by atomic mass is 16.3. The zero-order chi connectivity index (χ0) is 38.2. The van der Waals surface area contributed by atoms with Crippen LogP contribution < -0.4 is 0 Å². The maximum atomic E-state index is 6.52. The third-order valence-electron chi connectivity index (χ3n) is 11.7. The van der Waals surface area contributed by atoms with E-state index in [-0.39, 0.29) is 0 Å². The highest BCUT2D eigenvalue weighted by molar-refractivity contribution is 6.15. The Morgan fingerprint density at radius 3 is 1.91 bits per heavy atom. The molecule has 8 aromatic carbocycles. The van der Waals surface area contributed by atoms with Gasteiger partial charge in [-0.3, -0.25) is 0 Å². The zero-order valence-corrected chi connectivity index (χ0v) is 31.3. The van der Waals surface area contributed by atoms with E-state index in [1.54, 1.807) is 0 Å². The molecule has 1 atom stereocenters. The number of furan rings is 2. The number of allylic oxidation sites excluding steroid dienone is 4. The maximum Gasteiger partial charge on any atom is 0.165 e. The summed E-state index contributed by atoms with van der Waals surface area (Å²) >= 11 is 0. The van der Waals surface area contributed by atoms with Crippen LogP contribution in [-0.2, 0) is 0 Å².